The zero-order valence-electron chi connectivity index (χ0n) is 16.9. The molecule has 1 atom stereocenters. The Hall–Kier alpha value is -1.65. The van der Waals surface area contributed by atoms with Crippen molar-refractivity contribution < 1.29 is 13.2 Å². The first kappa shape index (κ1) is 25.4. The maximum absolute atomic E-state index is 12.3. The molecule has 0 spiro atoms. The van der Waals surface area contributed by atoms with Gasteiger partial charge >= 0.3 is 0 Å². The summed E-state index contributed by atoms with van der Waals surface area (Å²) in [5.74, 6) is 0.592. The Kier molecular flexibility index (Phi) is 11.9. The first-order valence-electron chi connectivity index (χ1n) is 9.42. The predicted octanol–water partition coefficient (Wildman–Crippen LogP) is 3.41. The van der Waals surface area contributed by atoms with Crippen LogP contribution < -0.4 is 10.6 Å². The fourth-order valence-electron chi connectivity index (χ4n) is 2.63. The van der Waals surface area contributed by atoms with E-state index in [0.717, 1.165) is 12.0 Å². The van der Waals surface area contributed by atoms with Crippen molar-refractivity contribution in [2.24, 2.45) is 4.99 Å². The lowest BCUT2D eigenvalue weighted by Gasteiger charge is -2.15. The Morgan fingerprint density at radius 1 is 1.00 bits per heavy atom. The minimum absolute atomic E-state index is 0. The fraction of sp³-hybridized carbons (Fsp3) is 0.381. The lowest BCUT2D eigenvalue weighted by atomic mass is 10.1. The number of ether oxygens (including phenoxy) is 1. The van der Waals surface area contributed by atoms with Crippen LogP contribution in [0.4, 0.5) is 0 Å². The van der Waals surface area contributed by atoms with Gasteiger partial charge in [0, 0.05) is 26.7 Å². The summed E-state index contributed by atoms with van der Waals surface area (Å²) in [6, 6.07) is 18.6. The number of nitrogens with one attached hydrogen (secondary N) is 2. The quantitative estimate of drug-likeness (QED) is 0.213. The van der Waals surface area contributed by atoms with Crippen LogP contribution in [0.3, 0.4) is 0 Å². The molecule has 0 aliphatic rings. The number of hydrogen-bond donors (Lipinski definition) is 2. The molecule has 2 aromatic carbocycles. The van der Waals surface area contributed by atoms with Gasteiger partial charge in [0.2, 0.25) is 0 Å². The summed E-state index contributed by atoms with van der Waals surface area (Å²) < 4.78 is 30.4. The molecule has 0 saturated carbocycles. The lowest BCUT2D eigenvalue weighted by Crippen LogP contribution is -2.40. The van der Waals surface area contributed by atoms with Gasteiger partial charge in [0.1, 0.15) is 0 Å². The largest absolute Gasteiger partial charge is 0.374 e. The van der Waals surface area contributed by atoms with Crippen LogP contribution in [0.2, 0.25) is 0 Å². The molecule has 0 aliphatic heterocycles. The second-order valence-corrected chi connectivity index (χ2v) is 8.44. The van der Waals surface area contributed by atoms with Crippen LogP contribution in [0, 0.1) is 0 Å². The number of nitrogens with zero attached hydrogens (tertiary/aromatic N) is 1. The molecule has 2 rings (SSSR count). The predicted molar refractivity (Wildman–Crippen MR) is 129 cm³/mol. The zero-order valence-corrected chi connectivity index (χ0v) is 20.0. The molecule has 1 unspecified atom stereocenters. The summed E-state index contributed by atoms with van der Waals surface area (Å²) in [5, 5.41) is 6.21. The lowest BCUT2D eigenvalue weighted by molar-refractivity contribution is 0.0646. The van der Waals surface area contributed by atoms with Crippen LogP contribution in [0.1, 0.15) is 25.0 Å². The van der Waals surface area contributed by atoms with E-state index in [1.54, 1.807) is 37.4 Å². The van der Waals surface area contributed by atoms with Crippen LogP contribution in [0.5, 0.6) is 0 Å². The summed E-state index contributed by atoms with van der Waals surface area (Å²) in [6.07, 6.45) is 0.877. The topological polar surface area (TPSA) is 79.8 Å². The van der Waals surface area contributed by atoms with Gasteiger partial charge in [-0.25, -0.2) is 8.42 Å². The first-order chi connectivity index (χ1) is 13.5. The number of guanidine groups is 1. The minimum Gasteiger partial charge on any atom is -0.374 e. The Morgan fingerprint density at radius 2 is 1.59 bits per heavy atom. The van der Waals surface area contributed by atoms with Crippen LogP contribution in [0.15, 0.2) is 70.6 Å². The van der Waals surface area contributed by atoms with Crippen molar-refractivity contribution in [2.45, 2.75) is 24.3 Å². The zero-order chi connectivity index (χ0) is 20.2. The van der Waals surface area contributed by atoms with E-state index in [9.17, 15) is 8.42 Å². The van der Waals surface area contributed by atoms with Crippen molar-refractivity contribution >= 4 is 39.8 Å². The molecule has 0 bridgehead atoms. The van der Waals surface area contributed by atoms with E-state index < -0.39 is 9.84 Å². The van der Waals surface area contributed by atoms with Gasteiger partial charge in [0.15, 0.2) is 15.8 Å². The average Bonchev–Trinajstić information content (AvgIpc) is 2.73. The number of hydrogen-bond acceptors (Lipinski definition) is 4. The smallest absolute Gasteiger partial charge is 0.191 e. The van der Waals surface area contributed by atoms with Gasteiger partial charge in [-0.15, -0.1) is 24.0 Å². The number of aliphatic imine (C=N–C) groups is 1. The molecule has 8 heteroatoms. The van der Waals surface area contributed by atoms with E-state index in [4.69, 9.17) is 4.74 Å². The van der Waals surface area contributed by atoms with Crippen molar-refractivity contribution in [1.29, 1.82) is 0 Å². The van der Waals surface area contributed by atoms with E-state index in [0.29, 0.717) is 30.6 Å². The molecule has 29 heavy (non-hydrogen) atoms. The maximum Gasteiger partial charge on any atom is 0.191 e. The van der Waals surface area contributed by atoms with Crippen molar-refractivity contribution in [3.8, 4) is 0 Å². The van der Waals surface area contributed by atoms with E-state index in [1.807, 2.05) is 25.1 Å². The highest BCUT2D eigenvalue weighted by Gasteiger charge is 2.13. The molecule has 160 valence electrons. The molecule has 0 amide bonds. The number of benzene rings is 2. The second kappa shape index (κ2) is 13.6. The fourth-order valence-corrected chi connectivity index (χ4v) is 3.81. The normalized spacial score (nSPS) is 12.7. The standard InChI is InChI=1S/C21H29N3O3S.HI/c1-18(19-10-5-3-6-11-19)27-16-9-14-23-21(22-2)24-15-17-28(25,26)20-12-7-4-8-13-20;/h3-8,10-13,18H,9,14-17H2,1-2H3,(H2,22,23,24);1H. The van der Waals surface area contributed by atoms with Crippen molar-refractivity contribution in [3.05, 3.63) is 66.2 Å². The highest BCUT2D eigenvalue weighted by Crippen LogP contribution is 2.15. The van der Waals surface area contributed by atoms with Crippen molar-refractivity contribution in [2.75, 3.05) is 32.5 Å². The highest BCUT2D eigenvalue weighted by atomic mass is 127. The summed E-state index contributed by atoms with van der Waals surface area (Å²) >= 11 is 0. The summed E-state index contributed by atoms with van der Waals surface area (Å²) in [4.78, 5) is 4.46. The Labute approximate surface area is 191 Å². The molecular formula is C21H30IN3O3S. The van der Waals surface area contributed by atoms with Gasteiger partial charge in [-0.2, -0.15) is 0 Å². The second-order valence-electron chi connectivity index (χ2n) is 6.33. The Balaban J connectivity index is 0.00000420. The van der Waals surface area contributed by atoms with E-state index in [-0.39, 0.29) is 35.8 Å². The molecule has 0 heterocycles. The summed E-state index contributed by atoms with van der Waals surface area (Å²) in [6.45, 7) is 3.64. The van der Waals surface area contributed by atoms with Crippen molar-refractivity contribution in [1.82, 2.24) is 10.6 Å². The van der Waals surface area contributed by atoms with E-state index in [2.05, 4.69) is 27.8 Å². The summed E-state index contributed by atoms with van der Waals surface area (Å²) in [5.41, 5.74) is 1.16. The van der Waals surface area contributed by atoms with Gasteiger partial charge < -0.3 is 15.4 Å². The molecule has 0 radical (unpaired) electrons. The third-order valence-corrected chi connectivity index (χ3v) is 5.97. The molecule has 0 aliphatic carbocycles. The SMILES string of the molecule is CN=C(NCCCOC(C)c1ccccc1)NCCS(=O)(=O)c1ccccc1.I. The minimum atomic E-state index is -3.29. The highest BCUT2D eigenvalue weighted by molar-refractivity contribution is 14.0. The summed E-state index contributed by atoms with van der Waals surface area (Å²) in [7, 11) is -1.63. The van der Waals surface area contributed by atoms with Crippen LogP contribution >= 0.6 is 24.0 Å². The third-order valence-electron chi connectivity index (χ3n) is 4.24. The van der Waals surface area contributed by atoms with Gasteiger partial charge in [-0.3, -0.25) is 4.99 Å². The van der Waals surface area contributed by atoms with Crippen LogP contribution in [-0.2, 0) is 14.6 Å². The molecular weight excluding hydrogens is 501 g/mol. The Bertz CT molecular complexity index is 831. The van der Waals surface area contributed by atoms with Gasteiger partial charge in [0.05, 0.1) is 16.8 Å². The van der Waals surface area contributed by atoms with Gasteiger partial charge in [0.25, 0.3) is 0 Å². The molecule has 6 nitrogen and oxygen atoms in total. The first-order valence-corrected chi connectivity index (χ1v) is 11.1. The van der Waals surface area contributed by atoms with Gasteiger partial charge in [-0.1, -0.05) is 48.5 Å². The maximum atomic E-state index is 12.3. The monoisotopic (exact) mass is 531 g/mol. The molecule has 2 N–H and O–H groups in total. The number of halogens is 1. The van der Waals surface area contributed by atoms with Crippen molar-refractivity contribution in [3.63, 3.8) is 0 Å². The third kappa shape index (κ3) is 9.14. The Morgan fingerprint density at radius 3 is 2.21 bits per heavy atom. The van der Waals surface area contributed by atoms with Crippen LogP contribution in [-0.4, -0.2) is 46.9 Å². The average molecular weight is 531 g/mol. The van der Waals surface area contributed by atoms with Gasteiger partial charge in [-0.05, 0) is 31.0 Å². The molecule has 0 saturated heterocycles. The van der Waals surface area contributed by atoms with E-state index in [1.165, 1.54) is 0 Å². The molecule has 0 aromatic heterocycles. The number of sulfone groups is 1. The molecule has 2 aromatic rings. The number of rotatable bonds is 10. The van der Waals surface area contributed by atoms with Crippen LogP contribution in [0.25, 0.3) is 0 Å². The molecule has 0 fully saturated rings. The van der Waals surface area contributed by atoms with E-state index >= 15 is 0 Å².